The number of carbonyl (C=O) groups excluding carboxylic acids is 1. The highest BCUT2D eigenvalue weighted by Gasteiger charge is 2.24. The Hall–Kier alpha value is -3.74. The Bertz CT molecular complexity index is 1290. The van der Waals surface area contributed by atoms with Crippen LogP contribution in [-0.2, 0) is 0 Å². The second kappa shape index (κ2) is 9.02. The minimum absolute atomic E-state index is 0.0292. The predicted octanol–water partition coefficient (Wildman–Crippen LogP) is 4.40. The fourth-order valence-electron chi connectivity index (χ4n) is 4.59. The first-order valence-corrected chi connectivity index (χ1v) is 11.4. The van der Waals surface area contributed by atoms with Crippen molar-refractivity contribution in [2.24, 2.45) is 0 Å². The third-order valence-corrected chi connectivity index (χ3v) is 6.30. The van der Waals surface area contributed by atoms with Crippen molar-refractivity contribution in [2.45, 2.75) is 37.8 Å². The lowest BCUT2D eigenvalue weighted by atomic mass is 9.91. The van der Waals surface area contributed by atoms with Crippen LogP contribution in [0.3, 0.4) is 0 Å². The number of nitrogens with zero attached hydrogens (tertiary/aromatic N) is 4. The van der Waals surface area contributed by atoms with Gasteiger partial charge >= 0.3 is 0 Å². The molecule has 168 valence electrons. The van der Waals surface area contributed by atoms with Gasteiger partial charge in [-0.1, -0.05) is 30.3 Å². The van der Waals surface area contributed by atoms with E-state index in [0.29, 0.717) is 11.5 Å². The first-order valence-electron chi connectivity index (χ1n) is 11.4. The molecule has 2 N–H and O–H groups in total. The minimum Gasteiger partial charge on any atom is -0.362 e. The number of nitrogens with one attached hydrogen (secondary N) is 2. The Kier molecular flexibility index (Phi) is 5.77. The summed E-state index contributed by atoms with van der Waals surface area (Å²) in [6, 6.07) is 18.1. The Balaban J connectivity index is 1.23. The number of pyridine rings is 1. The largest absolute Gasteiger partial charge is 0.362 e. The first-order chi connectivity index (χ1) is 16.1. The van der Waals surface area contributed by atoms with Gasteiger partial charge < -0.3 is 15.5 Å². The Morgan fingerprint density at radius 3 is 2.27 bits per heavy atom. The van der Waals surface area contributed by atoms with Crippen molar-refractivity contribution in [1.82, 2.24) is 20.3 Å². The van der Waals surface area contributed by atoms with Gasteiger partial charge in [-0.15, -0.1) is 0 Å². The average molecular weight is 441 g/mol. The Labute approximate surface area is 193 Å². The van der Waals surface area contributed by atoms with Crippen LogP contribution < -0.4 is 15.5 Å². The zero-order valence-electron chi connectivity index (χ0n) is 19.0. The molecule has 2 aromatic carbocycles. The van der Waals surface area contributed by atoms with Crippen LogP contribution in [0.4, 0.5) is 11.8 Å². The summed E-state index contributed by atoms with van der Waals surface area (Å²) in [7, 11) is 4.00. The SMILES string of the molecule is CN(C)c1nc(NC2CCC(NC(=O)c3ccnc4ccccc34)CC2)nc2ccccc12. The molecule has 5 rings (SSSR count). The number of aromatic nitrogens is 3. The normalized spacial score (nSPS) is 18.2. The summed E-state index contributed by atoms with van der Waals surface area (Å²) < 4.78 is 0. The second-order valence-corrected chi connectivity index (χ2v) is 8.82. The molecule has 4 aromatic rings. The summed E-state index contributed by atoms with van der Waals surface area (Å²) in [5.41, 5.74) is 2.45. The molecule has 0 radical (unpaired) electrons. The topological polar surface area (TPSA) is 83.0 Å². The molecular weight excluding hydrogens is 412 g/mol. The van der Waals surface area contributed by atoms with Gasteiger partial charge in [-0.3, -0.25) is 9.78 Å². The van der Waals surface area contributed by atoms with E-state index in [-0.39, 0.29) is 18.0 Å². The van der Waals surface area contributed by atoms with Crippen molar-refractivity contribution in [3.8, 4) is 0 Å². The maximum Gasteiger partial charge on any atom is 0.252 e. The smallest absolute Gasteiger partial charge is 0.252 e. The van der Waals surface area contributed by atoms with Crippen LogP contribution >= 0.6 is 0 Å². The van der Waals surface area contributed by atoms with Crippen LogP contribution in [-0.4, -0.2) is 47.0 Å². The van der Waals surface area contributed by atoms with Gasteiger partial charge in [0.2, 0.25) is 5.95 Å². The van der Waals surface area contributed by atoms with Gasteiger partial charge in [-0.2, -0.15) is 4.98 Å². The molecule has 0 aliphatic heterocycles. The molecular formula is C26H28N6O. The number of anilines is 2. The van der Waals surface area contributed by atoms with Crippen molar-refractivity contribution < 1.29 is 4.79 Å². The zero-order valence-corrected chi connectivity index (χ0v) is 19.0. The van der Waals surface area contributed by atoms with Crippen LogP contribution in [0.5, 0.6) is 0 Å². The summed E-state index contributed by atoms with van der Waals surface area (Å²) in [5, 5.41) is 8.69. The fraction of sp³-hybridized carbons (Fsp3) is 0.308. The lowest BCUT2D eigenvalue weighted by Crippen LogP contribution is -2.40. The van der Waals surface area contributed by atoms with E-state index in [9.17, 15) is 4.79 Å². The fourth-order valence-corrected chi connectivity index (χ4v) is 4.59. The Morgan fingerprint density at radius 2 is 1.52 bits per heavy atom. The standard InChI is InChI=1S/C26H28N6O/c1-32(2)24-21-8-4-6-10-23(21)30-26(31-24)29-18-13-11-17(12-14-18)28-25(33)20-15-16-27-22-9-5-3-7-19(20)22/h3-10,15-18H,11-14H2,1-2H3,(H,28,33)(H,29,30,31). The molecule has 0 saturated heterocycles. The molecule has 1 amide bonds. The second-order valence-electron chi connectivity index (χ2n) is 8.82. The monoisotopic (exact) mass is 440 g/mol. The molecule has 7 heteroatoms. The van der Waals surface area contributed by atoms with E-state index in [0.717, 1.165) is 53.3 Å². The number of fused-ring (bicyclic) bond motifs is 2. The maximum absolute atomic E-state index is 12.9. The number of rotatable bonds is 5. The number of carbonyl (C=O) groups is 1. The predicted molar refractivity (Wildman–Crippen MR) is 133 cm³/mol. The lowest BCUT2D eigenvalue weighted by molar-refractivity contribution is 0.0928. The van der Waals surface area contributed by atoms with Gasteiger partial charge in [-0.25, -0.2) is 4.98 Å². The third-order valence-electron chi connectivity index (χ3n) is 6.30. The van der Waals surface area contributed by atoms with E-state index in [1.54, 1.807) is 12.3 Å². The number of para-hydroxylation sites is 2. The first kappa shape index (κ1) is 21.1. The molecule has 2 heterocycles. The molecule has 1 saturated carbocycles. The van der Waals surface area contributed by atoms with E-state index in [1.165, 1.54) is 0 Å². The van der Waals surface area contributed by atoms with Crippen molar-refractivity contribution in [3.05, 3.63) is 66.4 Å². The van der Waals surface area contributed by atoms with Gasteiger partial charge in [-0.05, 0) is 49.9 Å². The molecule has 1 aliphatic carbocycles. The summed E-state index contributed by atoms with van der Waals surface area (Å²) in [4.78, 5) is 28.8. The van der Waals surface area contributed by atoms with E-state index >= 15 is 0 Å². The summed E-state index contributed by atoms with van der Waals surface area (Å²) in [6.07, 6.45) is 5.44. The van der Waals surface area contributed by atoms with Crippen LogP contribution in [0.2, 0.25) is 0 Å². The number of benzene rings is 2. The number of amides is 1. The maximum atomic E-state index is 12.9. The summed E-state index contributed by atoms with van der Waals surface area (Å²) in [6.45, 7) is 0. The molecule has 0 atom stereocenters. The van der Waals surface area contributed by atoms with Gasteiger partial charge in [0, 0.05) is 43.1 Å². The van der Waals surface area contributed by atoms with Crippen molar-refractivity contribution >= 4 is 39.5 Å². The van der Waals surface area contributed by atoms with Crippen molar-refractivity contribution in [2.75, 3.05) is 24.3 Å². The molecule has 0 unspecified atom stereocenters. The minimum atomic E-state index is -0.0292. The van der Waals surface area contributed by atoms with Crippen LogP contribution in [0.1, 0.15) is 36.0 Å². The summed E-state index contributed by atoms with van der Waals surface area (Å²) in [5.74, 6) is 1.54. The third kappa shape index (κ3) is 4.44. The molecule has 2 aromatic heterocycles. The highest BCUT2D eigenvalue weighted by atomic mass is 16.1. The quantitative estimate of drug-likeness (QED) is 0.479. The molecule has 0 bridgehead atoms. The van der Waals surface area contributed by atoms with E-state index in [4.69, 9.17) is 9.97 Å². The number of hydrogen-bond acceptors (Lipinski definition) is 6. The highest BCUT2D eigenvalue weighted by molar-refractivity contribution is 6.06. The molecule has 1 aliphatic rings. The average Bonchev–Trinajstić information content (AvgIpc) is 2.84. The van der Waals surface area contributed by atoms with Gasteiger partial charge in [0.1, 0.15) is 5.82 Å². The van der Waals surface area contributed by atoms with Crippen LogP contribution in [0.25, 0.3) is 21.8 Å². The lowest BCUT2D eigenvalue weighted by Gasteiger charge is -2.30. The van der Waals surface area contributed by atoms with Crippen molar-refractivity contribution in [1.29, 1.82) is 0 Å². The molecule has 7 nitrogen and oxygen atoms in total. The zero-order chi connectivity index (χ0) is 22.8. The van der Waals surface area contributed by atoms with E-state index in [2.05, 4.69) is 15.6 Å². The molecule has 33 heavy (non-hydrogen) atoms. The van der Waals surface area contributed by atoms with E-state index in [1.807, 2.05) is 67.5 Å². The number of hydrogen-bond donors (Lipinski definition) is 2. The Morgan fingerprint density at radius 1 is 0.848 bits per heavy atom. The van der Waals surface area contributed by atoms with Gasteiger partial charge in [0.25, 0.3) is 5.91 Å². The van der Waals surface area contributed by atoms with E-state index < -0.39 is 0 Å². The van der Waals surface area contributed by atoms with Gasteiger partial charge in [0.05, 0.1) is 16.6 Å². The van der Waals surface area contributed by atoms with Crippen LogP contribution in [0.15, 0.2) is 60.8 Å². The van der Waals surface area contributed by atoms with Crippen molar-refractivity contribution in [3.63, 3.8) is 0 Å². The summed E-state index contributed by atoms with van der Waals surface area (Å²) >= 11 is 0. The van der Waals surface area contributed by atoms with Crippen LogP contribution in [0, 0.1) is 0 Å². The molecule has 0 spiro atoms. The van der Waals surface area contributed by atoms with Gasteiger partial charge in [0.15, 0.2) is 0 Å². The highest BCUT2D eigenvalue weighted by Crippen LogP contribution is 2.26. The molecule has 1 fully saturated rings.